The fourth-order valence-corrected chi connectivity index (χ4v) is 3.53. The van der Waals surface area contributed by atoms with Crippen molar-refractivity contribution in [2.24, 2.45) is 0 Å². The molecule has 0 bridgehead atoms. The lowest BCUT2D eigenvalue weighted by molar-refractivity contribution is -0.122. The molecular weight excluding hydrogens is 449 g/mol. The maximum Gasteiger partial charge on any atom is 0.265 e. The standard InChI is InChI=1S/C25H19Cl2NO4/c1-14-7-9-16(10-8-14)23-24(22(29)18-13-17(26)11-12-21(18)32-23)31-15(2)25(30)28-20-6-4-3-5-19(20)27/h3-13,15H,1-2H3,(H,28,30)/t15-/m0/s1. The van der Waals surface area contributed by atoms with Crippen molar-refractivity contribution < 1.29 is 13.9 Å². The van der Waals surface area contributed by atoms with E-state index in [4.69, 9.17) is 32.4 Å². The minimum Gasteiger partial charge on any atom is -0.473 e. The van der Waals surface area contributed by atoms with E-state index in [-0.39, 0.29) is 16.9 Å². The van der Waals surface area contributed by atoms with Crippen LogP contribution in [0.5, 0.6) is 5.75 Å². The molecule has 3 aromatic carbocycles. The number of nitrogens with one attached hydrogen (secondary N) is 1. The molecule has 0 saturated carbocycles. The molecule has 0 unspecified atom stereocenters. The summed E-state index contributed by atoms with van der Waals surface area (Å²) in [7, 11) is 0. The smallest absolute Gasteiger partial charge is 0.265 e. The average molecular weight is 468 g/mol. The molecule has 0 fully saturated rings. The van der Waals surface area contributed by atoms with E-state index in [0.29, 0.717) is 26.9 Å². The van der Waals surface area contributed by atoms with Crippen LogP contribution in [-0.2, 0) is 4.79 Å². The van der Waals surface area contributed by atoms with Crippen LogP contribution in [0.25, 0.3) is 22.3 Å². The molecule has 0 aliphatic heterocycles. The number of para-hydroxylation sites is 1. The van der Waals surface area contributed by atoms with Gasteiger partial charge in [-0.2, -0.15) is 0 Å². The largest absolute Gasteiger partial charge is 0.473 e. The summed E-state index contributed by atoms with van der Waals surface area (Å²) in [5, 5.41) is 3.77. The van der Waals surface area contributed by atoms with Crippen molar-refractivity contribution in [2.75, 3.05) is 5.32 Å². The van der Waals surface area contributed by atoms with Crippen molar-refractivity contribution in [3.63, 3.8) is 0 Å². The third-order valence-electron chi connectivity index (χ3n) is 4.92. The lowest BCUT2D eigenvalue weighted by Crippen LogP contribution is -2.32. The van der Waals surface area contributed by atoms with Gasteiger partial charge < -0.3 is 14.5 Å². The predicted octanol–water partition coefficient (Wildman–Crippen LogP) is 6.48. The molecule has 1 heterocycles. The molecular formula is C25H19Cl2NO4. The van der Waals surface area contributed by atoms with E-state index in [1.165, 1.54) is 6.07 Å². The Kier molecular flexibility index (Phi) is 6.21. The van der Waals surface area contributed by atoms with Gasteiger partial charge in [-0.1, -0.05) is 65.2 Å². The molecule has 4 rings (SSSR count). The molecule has 1 aromatic heterocycles. The fraction of sp³-hybridized carbons (Fsp3) is 0.120. The van der Waals surface area contributed by atoms with Gasteiger partial charge in [0.15, 0.2) is 11.9 Å². The zero-order valence-corrected chi connectivity index (χ0v) is 18.8. The first-order chi connectivity index (χ1) is 15.3. The Hall–Kier alpha value is -3.28. The number of rotatable bonds is 5. The van der Waals surface area contributed by atoms with Gasteiger partial charge in [-0.3, -0.25) is 9.59 Å². The summed E-state index contributed by atoms with van der Waals surface area (Å²) in [6.45, 7) is 3.51. The second-order valence-corrected chi connectivity index (χ2v) is 8.17. The van der Waals surface area contributed by atoms with E-state index < -0.39 is 17.4 Å². The summed E-state index contributed by atoms with van der Waals surface area (Å²) in [4.78, 5) is 26.1. The Morgan fingerprint density at radius 1 is 1.03 bits per heavy atom. The monoisotopic (exact) mass is 467 g/mol. The van der Waals surface area contributed by atoms with Crippen LogP contribution in [0.1, 0.15) is 12.5 Å². The van der Waals surface area contributed by atoms with Gasteiger partial charge in [-0.05, 0) is 44.2 Å². The summed E-state index contributed by atoms with van der Waals surface area (Å²) in [5.74, 6) is -0.286. The van der Waals surface area contributed by atoms with E-state index in [1.807, 2.05) is 31.2 Å². The Bertz CT molecular complexity index is 1360. The molecule has 32 heavy (non-hydrogen) atoms. The summed E-state index contributed by atoms with van der Waals surface area (Å²) >= 11 is 12.2. The van der Waals surface area contributed by atoms with E-state index in [0.717, 1.165) is 5.56 Å². The Labute approximate surface area is 194 Å². The molecule has 0 radical (unpaired) electrons. The van der Waals surface area contributed by atoms with Crippen molar-refractivity contribution in [1.82, 2.24) is 0 Å². The molecule has 1 N–H and O–H groups in total. The number of amides is 1. The number of fused-ring (bicyclic) bond motifs is 1. The summed E-state index contributed by atoms with van der Waals surface area (Å²) in [6, 6.07) is 19.1. The molecule has 1 atom stereocenters. The first kappa shape index (κ1) is 21.9. The number of anilines is 1. The fourth-order valence-electron chi connectivity index (χ4n) is 3.18. The highest BCUT2D eigenvalue weighted by Crippen LogP contribution is 2.32. The van der Waals surface area contributed by atoms with Gasteiger partial charge in [0.2, 0.25) is 11.2 Å². The van der Waals surface area contributed by atoms with Crippen molar-refractivity contribution in [1.29, 1.82) is 0 Å². The summed E-state index contributed by atoms with van der Waals surface area (Å²) in [5.41, 5.74) is 2.11. The maximum atomic E-state index is 13.3. The molecule has 0 spiro atoms. The predicted molar refractivity (Wildman–Crippen MR) is 128 cm³/mol. The molecule has 7 heteroatoms. The zero-order valence-electron chi connectivity index (χ0n) is 17.3. The van der Waals surface area contributed by atoms with Crippen LogP contribution in [0.2, 0.25) is 10.0 Å². The SMILES string of the molecule is Cc1ccc(-c2oc3ccc(Cl)cc3c(=O)c2O[C@@H](C)C(=O)Nc2ccccc2Cl)cc1. The number of halogens is 2. The van der Waals surface area contributed by atoms with Crippen molar-refractivity contribution in [3.8, 4) is 17.1 Å². The molecule has 0 saturated heterocycles. The van der Waals surface area contributed by atoms with Crippen molar-refractivity contribution in [3.05, 3.63) is 92.6 Å². The van der Waals surface area contributed by atoms with Gasteiger partial charge in [0.25, 0.3) is 5.91 Å². The van der Waals surface area contributed by atoms with Crippen LogP contribution in [0.15, 0.2) is 75.9 Å². The summed E-state index contributed by atoms with van der Waals surface area (Å²) in [6.07, 6.45) is -1.00. The lowest BCUT2D eigenvalue weighted by Gasteiger charge is -2.17. The highest BCUT2D eigenvalue weighted by Gasteiger charge is 2.23. The number of ether oxygens (including phenoxy) is 1. The minimum atomic E-state index is -1.00. The van der Waals surface area contributed by atoms with Gasteiger partial charge in [0.05, 0.1) is 16.1 Å². The second kappa shape index (κ2) is 9.07. The topological polar surface area (TPSA) is 68.5 Å². The van der Waals surface area contributed by atoms with Crippen LogP contribution in [-0.4, -0.2) is 12.0 Å². The quantitative estimate of drug-likeness (QED) is 0.364. The number of aryl methyl sites for hydroxylation is 1. The molecule has 0 aliphatic rings. The highest BCUT2D eigenvalue weighted by molar-refractivity contribution is 6.33. The van der Waals surface area contributed by atoms with Crippen molar-refractivity contribution >= 4 is 45.8 Å². The number of hydrogen-bond acceptors (Lipinski definition) is 4. The number of hydrogen-bond donors (Lipinski definition) is 1. The van der Waals surface area contributed by atoms with E-state index in [9.17, 15) is 9.59 Å². The Morgan fingerprint density at radius 3 is 2.47 bits per heavy atom. The van der Waals surface area contributed by atoms with E-state index >= 15 is 0 Å². The second-order valence-electron chi connectivity index (χ2n) is 7.33. The van der Waals surface area contributed by atoms with Gasteiger partial charge in [0, 0.05) is 10.6 Å². The Balaban J connectivity index is 1.76. The highest BCUT2D eigenvalue weighted by atomic mass is 35.5. The number of carbonyl (C=O) groups excluding carboxylic acids is 1. The van der Waals surface area contributed by atoms with Crippen LogP contribution in [0.4, 0.5) is 5.69 Å². The molecule has 1 amide bonds. The molecule has 162 valence electrons. The molecule has 5 nitrogen and oxygen atoms in total. The lowest BCUT2D eigenvalue weighted by atomic mass is 10.1. The number of benzene rings is 3. The number of carbonyl (C=O) groups is 1. The third-order valence-corrected chi connectivity index (χ3v) is 5.48. The van der Waals surface area contributed by atoms with Crippen LogP contribution < -0.4 is 15.5 Å². The van der Waals surface area contributed by atoms with E-state index in [1.54, 1.807) is 43.3 Å². The Morgan fingerprint density at radius 2 is 1.75 bits per heavy atom. The van der Waals surface area contributed by atoms with Crippen molar-refractivity contribution in [2.45, 2.75) is 20.0 Å². The maximum absolute atomic E-state index is 13.3. The first-order valence-electron chi connectivity index (χ1n) is 9.89. The van der Waals surface area contributed by atoms with Crippen LogP contribution >= 0.6 is 23.2 Å². The first-order valence-corrected chi connectivity index (χ1v) is 10.6. The summed E-state index contributed by atoms with van der Waals surface area (Å²) < 4.78 is 11.9. The van der Waals surface area contributed by atoms with Gasteiger partial charge in [0.1, 0.15) is 5.58 Å². The zero-order chi connectivity index (χ0) is 22.8. The molecule has 4 aromatic rings. The van der Waals surface area contributed by atoms with Gasteiger partial charge in [-0.25, -0.2) is 0 Å². The minimum absolute atomic E-state index is 0.0644. The van der Waals surface area contributed by atoms with Crippen LogP contribution in [0.3, 0.4) is 0 Å². The van der Waals surface area contributed by atoms with E-state index in [2.05, 4.69) is 5.32 Å². The normalized spacial score (nSPS) is 11.9. The molecule has 0 aliphatic carbocycles. The average Bonchev–Trinajstić information content (AvgIpc) is 2.78. The van der Waals surface area contributed by atoms with Crippen LogP contribution in [0, 0.1) is 6.92 Å². The van der Waals surface area contributed by atoms with Gasteiger partial charge in [-0.15, -0.1) is 0 Å². The third kappa shape index (κ3) is 4.49. The van der Waals surface area contributed by atoms with Gasteiger partial charge >= 0.3 is 0 Å².